The van der Waals surface area contributed by atoms with Gasteiger partial charge in [0.25, 0.3) is 0 Å². The van der Waals surface area contributed by atoms with E-state index in [9.17, 15) is 4.79 Å². The van der Waals surface area contributed by atoms with E-state index in [4.69, 9.17) is 10.5 Å². The van der Waals surface area contributed by atoms with Gasteiger partial charge in [-0.05, 0) is 43.2 Å². The lowest BCUT2D eigenvalue weighted by Crippen LogP contribution is -2.25. The summed E-state index contributed by atoms with van der Waals surface area (Å²) in [6, 6.07) is 8.62. The predicted octanol–water partition coefficient (Wildman–Crippen LogP) is 2.46. The fourth-order valence-electron chi connectivity index (χ4n) is 2.79. The van der Waals surface area contributed by atoms with Crippen molar-refractivity contribution in [2.24, 2.45) is 11.7 Å². The summed E-state index contributed by atoms with van der Waals surface area (Å²) in [6.45, 7) is 2.27. The molecule has 1 aromatic carbocycles. The van der Waals surface area contributed by atoms with Crippen LogP contribution < -0.4 is 5.73 Å². The summed E-state index contributed by atoms with van der Waals surface area (Å²) >= 11 is 0. The highest BCUT2D eigenvalue weighted by Crippen LogP contribution is 2.27. The molecule has 1 saturated carbocycles. The number of hydrogen-bond donors (Lipinski definition) is 1. The largest absolute Gasteiger partial charge is 0.466 e. The molecule has 2 N–H and O–H groups in total. The molecule has 0 spiro atoms. The van der Waals surface area contributed by atoms with Gasteiger partial charge in [0.15, 0.2) is 0 Å². The molecular weight excluding hydrogens is 238 g/mol. The Balaban J connectivity index is 1.89. The highest BCUT2D eigenvalue weighted by Gasteiger charge is 2.23. The Hall–Kier alpha value is -1.35. The van der Waals surface area contributed by atoms with Gasteiger partial charge in [0.05, 0.1) is 13.0 Å². The SMILES string of the molecule is CCOC(=O)Cc1ccc(CC2CCCC2N)cc1. The summed E-state index contributed by atoms with van der Waals surface area (Å²) in [5, 5.41) is 0. The molecule has 2 atom stereocenters. The predicted molar refractivity (Wildman–Crippen MR) is 75.8 cm³/mol. The zero-order valence-electron chi connectivity index (χ0n) is 11.6. The van der Waals surface area contributed by atoms with Crippen LogP contribution in [0.1, 0.15) is 37.3 Å². The average molecular weight is 261 g/mol. The van der Waals surface area contributed by atoms with Gasteiger partial charge in [0, 0.05) is 6.04 Å². The average Bonchev–Trinajstić information content (AvgIpc) is 2.78. The molecular formula is C16H23NO2. The quantitative estimate of drug-likeness (QED) is 0.828. The first kappa shape index (κ1) is 14.1. The van der Waals surface area contributed by atoms with Gasteiger partial charge in [-0.3, -0.25) is 4.79 Å². The monoisotopic (exact) mass is 261 g/mol. The molecule has 0 aliphatic heterocycles. The van der Waals surface area contributed by atoms with E-state index in [0.717, 1.165) is 18.4 Å². The molecule has 3 nitrogen and oxygen atoms in total. The van der Waals surface area contributed by atoms with Crippen molar-refractivity contribution in [2.45, 2.75) is 45.1 Å². The first-order valence-electron chi connectivity index (χ1n) is 7.18. The maximum Gasteiger partial charge on any atom is 0.310 e. The summed E-state index contributed by atoms with van der Waals surface area (Å²) in [4.78, 5) is 11.4. The van der Waals surface area contributed by atoms with Gasteiger partial charge in [-0.1, -0.05) is 30.7 Å². The molecule has 0 bridgehead atoms. The second kappa shape index (κ2) is 6.71. The molecule has 3 heteroatoms. The third kappa shape index (κ3) is 4.06. The number of benzene rings is 1. The van der Waals surface area contributed by atoms with Gasteiger partial charge in [-0.2, -0.15) is 0 Å². The Kier molecular flexibility index (Phi) is 4.97. The lowest BCUT2D eigenvalue weighted by molar-refractivity contribution is -0.142. The van der Waals surface area contributed by atoms with Gasteiger partial charge < -0.3 is 10.5 Å². The standard InChI is InChI=1S/C16H23NO2/c1-2-19-16(18)11-13-8-6-12(7-9-13)10-14-4-3-5-15(14)17/h6-9,14-15H,2-5,10-11,17H2,1H3. The number of carbonyl (C=O) groups is 1. The molecule has 19 heavy (non-hydrogen) atoms. The molecule has 1 fully saturated rings. The molecule has 0 heterocycles. The number of hydrogen-bond acceptors (Lipinski definition) is 3. The van der Waals surface area contributed by atoms with E-state index in [-0.39, 0.29) is 5.97 Å². The lowest BCUT2D eigenvalue weighted by atomic mass is 9.94. The van der Waals surface area contributed by atoms with Crippen LogP contribution in [-0.2, 0) is 22.4 Å². The van der Waals surface area contributed by atoms with Crippen LogP contribution in [0, 0.1) is 5.92 Å². The number of rotatable bonds is 5. The number of nitrogens with two attached hydrogens (primary N) is 1. The second-order valence-electron chi connectivity index (χ2n) is 5.36. The third-order valence-electron chi connectivity index (χ3n) is 3.89. The zero-order chi connectivity index (χ0) is 13.7. The molecule has 104 valence electrons. The van der Waals surface area contributed by atoms with Crippen LogP contribution in [-0.4, -0.2) is 18.6 Å². The number of ether oxygens (including phenoxy) is 1. The maximum absolute atomic E-state index is 11.4. The minimum atomic E-state index is -0.159. The fraction of sp³-hybridized carbons (Fsp3) is 0.562. The van der Waals surface area contributed by atoms with Crippen molar-refractivity contribution >= 4 is 5.97 Å². The van der Waals surface area contributed by atoms with Crippen LogP contribution in [0.25, 0.3) is 0 Å². The van der Waals surface area contributed by atoms with Crippen molar-refractivity contribution < 1.29 is 9.53 Å². The van der Waals surface area contributed by atoms with E-state index >= 15 is 0 Å². The molecule has 0 saturated heterocycles. The minimum absolute atomic E-state index is 0.159. The van der Waals surface area contributed by atoms with Crippen LogP contribution in [0.3, 0.4) is 0 Å². The van der Waals surface area contributed by atoms with E-state index in [0.29, 0.717) is 25.0 Å². The third-order valence-corrected chi connectivity index (χ3v) is 3.89. The van der Waals surface area contributed by atoms with E-state index in [1.807, 2.05) is 19.1 Å². The Morgan fingerprint density at radius 2 is 1.95 bits per heavy atom. The van der Waals surface area contributed by atoms with Gasteiger partial charge in [-0.15, -0.1) is 0 Å². The van der Waals surface area contributed by atoms with Gasteiger partial charge in [0.1, 0.15) is 0 Å². The topological polar surface area (TPSA) is 52.3 Å². The van der Waals surface area contributed by atoms with Crippen LogP contribution in [0.4, 0.5) is 0 Å². The highest BCUT2D eigenvalue weighted by molar-refractivity contribution is 5.72. The number of carbonyl (C=O) groups excluding carboxylic acids is 1. The molecule has 1 aliphatic rings. The van der Waals surface area contributed by atoms with Crippen LogP contribution in [0.2, 0.25) is 0 Å². The first-order chi connectivity index (χ1) is 9.19. The molecule has 2 rings (SSSR count). The molecule has 0 radical (unpaired) electrons. The summed E-state index contributed by atoms with van der Waals surface area (Å²) in [6.07, 6.45) is 5.07. The molecule has 0 aromatic heterocycles. The summed E-state index contributed by atoms with van der Waals surface area (Å²) < 4.78 is 4.94. The Labute approximate surface area is 115 Å². The van der Waals surface area contributed by atoms with Crippen molar-refractivity contribution in [1.29, 1.82) is 0 Å². The molecule has 0 amide bonds. The van der Waals surface area contributed by atoms with E-state index in [2.05, 4.69) is 12.1 Å². The molecule has 2 unspecified atom stereocenters. The van der Waals surface area contributed by atoms with E-state index < -0.39 is 0 Å². The Bertz CT molecular complexity index is 413. The van der Waals surface area contributed by atoms with Crippen LogP contribution >= 0.6 is 0 Å². The lowest BCUT2D eigenvalue weighted by Gasteiger charge is -2.15. The molecule has 1 aromatic rings. The van der Waals surface area contributed by atoms with Crippen molar-refractivity contribution in [2.75, 3.05) is 6.61 Å². The van der Waals surface area contributed by atoms with Crippen LogP contribution in [0.5, 0.6) is 0 Å². The Morgan fingerprint density at radius 3 is 2.53 bits per heavy atom. The zero-order valence-corrected chi connectivity index (χ0v) is 11.6. The summed E-state index contributed by atoms with van der Waals surface area (Å²) in [5.41, 5.74) is 8.42. The summed E-state index contributed by atoms with van der Waals surface area (Å²) in [7, 11) is 0. The second-order valence-corrected chi connectivity index (χ2v) is 5.36. The molecule has 1 aliphatic carbocycles. The minimum Gasteiger partial charge on any atom is -0.466 e. The highest BCUT2D eigenvalue weighted by atomic mass is 16.5. The van der Waals surface area contributed by atoms with Gasteiger partial charge in [0.2, 0.25) is 0 Å². The smallest absolute Gasteiger partial charge is 0.310 e. The van der Waals surface area contributed by atoms with E-state index in [1.165, 1.54) is 18.4 Å². The van der Waals surface area contributed by atoms with Crippen molar-refractivity contribution in [3.05, 3.63) is 35.4 Å². The fourth-order valence-corrected chi connectivity index (χ4v) is 2.79. The normalized spacial score (nSPS) is 22.4. The van der Waals surface area contributed by atoms with Crippen molar-refractivity contribution in [3.63, 3.8) is 0 Å². The van der Waals surface area contributed by atoms with Crippen molar-refractivity contribution in [3.8, 4) is 0 Å². The van der Waals surface area contributed by atoms with Gasteiger partial charge >= 0.3 is 5.97 Å². The Morgan fingerprint density at radius 1 is 1.26 bits per heavy atom. The number of esters is 1. The van der Waals surface area contributed by atoms with Crippen LogP contribution in [0.15, 0.2) is 24.3 Å². The first-order valence-corrected chi connectivity index (χ1v) is 7.18. The summed E-state index contributed by atoms with van der Waals surface area (Å²) in [5.74, 6) is 0.462. The van der Waals surface area contributed by atoms with Gasteiger partial charge in [-0.25, -0.2) is 0 Å². The van der Waals surface area contributed by atoms with E-state index in [1.54, 1.807) is 0 Å². The maximum atomic E-state index is 11.4. The van der Waals surface area contributed by atoms with Crippen molar-refractivity contribution in [1.82, 2.24) is 0 Å².